The number of carbonyl (C=O) groups excluding carboxylic acids is 1. The van der Waals surface area contributed by atoms with Gasteiger partial charge < -0.3 is 10.4 Å². The Morgan fingerprint density at radius 2 is 1.92 bits per heavy atom. The summed E-state index contributed by atoms with van der Waals surface area (Å²) in [5.74, 6) is -1.13. The predicted molar refractivity (Wildman–Crippen MR) is 49.4 cm³/mol. The van der Waals surface area contributed by atoms with E-state index in [1.165, 1.54) is 0 Å². The first-order chi connectivity index (χ1) is 6.11. The number of rotatable bonds is 6. The molecule has 4 heteroatoms. The van der Waals surface area contributed by atoms with Gasteiger partial charge >= 0.3 is 5.97 Å². The largest absolute Gasteiger partial charge is 0.480 e. The van der Waals surface area contributed by atoms with Gasteiger partial charge in [0.15, 0.2) is 0 Å². The molecule has 0 unspecified atom stereocenters. The molecule has 0 aromatic heterocycles. The van der Waals surface area contributed by atoms with Crippen LogP contribution in [0.25, 0.3) is 0 Å². The van der Waals surface area contributed by atoms with Gasteiger partial charge in [0.25, 0.3) is 0 Å². The maximum Gasteiger partial charge on any atom is 0.326 e. The van der Waals surface area contributed by atoms with E-state index in [0.29, 0.717) is 12.8 Å². The molecule has 13 heavy (non-hydrogen) atoms. The topological polar surface area (TPSA) is 66.4 Å². The maximum atomic E-state index is 11.1. The zero-order chi connectivity index (χ0) is 10.3. The predicted octanol–water partition coefficient (Wildman–Crippen LogP) is 1.16. The van der Waals surface area contributed by atoms with Crippen LogP contribution in [0.5, 0.6) is 0 Å². The van der Waals surface area contributed by atoms with Crippen molar-refractivity contribution < 1.29 is 14.7 Å². The first-order valence-electron chi connectivity index (χ1n) is 4.64. The zero-order valence-electron chi connectivity index (χ0n) is 8.17. The Morgan fingerprint density at radius 1 is 1.31 bits per heavy atom. The molecule has 0 heterocycles. The second kappa shape index (κ2) is 6.46. The molecule has 1 amide bonds. The van der Waals surface area contributed by atoms with Gasteiger partial charge in [-0.3, -0.25) is 4.79 Å². The van der Waals surface area contributed by atoms with E-state index in [0.717, 1.165) is 12.8 Å². The third-order valence-corrected chi connectivity index (χ3v) is 1.69. The average molecular weight is 187 g/mol. The Labute approximate surface area is 78.3 Å². The average Bonchev–Trinajstić information content (AvgIpc) is 2.04. The van der Waals surface area contributed by atoms with Gasteiger partial charge in [0, 0.05) is 6.42 Å². The molecule has 4 nitrogen and oxygen atoms in total. The highest BCUT2D eigenvalue weighted by molar-refractivity contribution is 5.83. The quantitative estimate of drug-likeness (QED) is 0.655. The minimum atomic E-state index is -0.952. The van der Waals surface area contributed by atoms with Crippen LogP contribution in [0.1, 0.15) is 39.5 Å². The van der Waals surface area contributed by atoms with E-state index in [2.05, 4.69) is 5.32 Å². The van der Waals surface area contributed by atoms with E-state index < -0.39 is 12.0 Å². The van der Waals surface area contributed by atoms with E-state index in [4.69, 9.17) is 5.11 Å². The van der Waals surface area contributed by atoms with E-state index in [-0.39, 0.29) is 5.91 Å². The van der Waals surface area contributed by atoms with Crippen LogP contribution in [0.2, 0.25) is 0 Å². The van der Waals surface area contributed by atoms with Crippen LogP contribution in [0, 0.1) is 0 Å². The Bertz CT molecular complexity index is 180. The van der Waals surface area contributed by atoms with Crippen LogP contribution in [0.3, 0.4) is 0 Å². The van der Waals surface area contributed by atoms with E-state index in [9.17, 15) is 9.59 Å². The molecule has 0 fully saturated rings. The van der Waals surface area contributed by atoms with Crippen molar-refractivity contribution in [2.45, 2.75) is 45.6 Å². The van der Waals surface area contributed by atoms with Crippen molar-refractivity contribution in [1.29, 1.82) is 0 Å². The molecule has 0 bridgehead atoms. The lowest BCUT2D eigenvalue weighted by Gasteiger charge is -2.12. The Hall–Kier alpha value is -1.06. The second-order valence-corrected chi connectivity index (χ2v) is 3.00. The van der Waals surface area contributed by atoms with Crippen molar-refractivity contribution in [2.75, 3.05) is 0 Å². The van der Waals surface area contributed by atoms with Crippen LogP contribution in [0.4, 0.5) is 0 Å². The summed E-state index contributed by atoms with van der Waals surface area (Å²) < 4.78 is 0. The molecule has 0 saturated carbocycles. The number of hydrogen-bond donors (Lipinski definition) is 2. The lowest BCUT2D eigenvalue weighted by atomic mass is 10.1. The number of carboxylic acids is 1. The third kappa shape index (κ3) is 5.22. The monoisotopic (exact) mass is 187 g/mol. The van der Waals surface area contributed by atoms with E-state index >= 15 is 0 Å². The summed E-state index contributed by atoms with van der Waals surface area (Å²) in [6.45, 7) is 3.77. The molecule has 0 aliphatic carbocycles. The maximum absolute atomic E-state index is 11.1. The number of carboxylic acid groups (broad SMARTS) is 1. The minimum absolute atomic E-state index is 0.177. The Kier molecular flexibility index (Phi) is 5.93. The lowest BCUT2D eigenvalue weighted by Crippen LogP contribution is -2.40. The number of hydrogen-bond acceptors (Lipinski definition) is 2. The Morgan fingerprint density at radius 3 is 2.31 bits per heavy atom. The molecule has 0 rings (SSSR count). The van der Waals surface area contributed by atoms with Gasteiger partial charge in [0.1, 0.15) is 6.04 Å². The summed E-state index contributed by atoms with van der Waals surface area (Å²) in [6, 6.07) is -0.718. The summed E-state index contributed by atoms with van der Waals surface area (Å²) in [5.41, 5.74) is 0. The first kappa shape index (κ1) is 11.9. The van der Waals surface area contributed by atoms with Crippen molar-refractivity contribution in [3.63, 3.8) is 0 Å². The third-order valence-electron chi connectivity index (χ3n) is 1.69. The fourth-order valence-electron chi connectivity index (χ4n) is 1.04. The summed E-state index contributed by atoms with van der Waals surface area (Å²) in [5, 5.41) is 11.2. The number of amides is 1. The number of aliphatic carboxylic acids is 1. The summed E-state index contributed by atoms with van der Waals surface area (Å²) in [4.78, 5) is 21.7. The molecule has 76 valence electrons. The molecule has 0 aromatic carbocycles. The lowest BCUT2D eigenvalue weighted by molar-refractivity contribution is -0.142. The first-order valence-corrected chi connectivity index (χ1v) is 4.64. The van der Waals surface area contributed by atoms with Gasteiger partial charge in [-0.05, 0) is 12.8 Å². The molecule has 0 aliphatic rings. The SMILES string of the molecule is CCCC(=O)N[C@@H](CCC)C(=O)O. The van der Waals surface area contributed by atoms with Crippen molar-refractivity contribution in [3.05, 3.63) is 0 Å². The van der Waals surface area contributed by atoms with Crippen LogP contribution >= 0.6 is 0 Å². The minimum Gasteiger partial charge on any atom is -0.480 e. The molecule has 1 atom stereocenters. The Balaban J connectivity index is 3.94. The fraction of sp³-hybridized carbons (Fsp3) is 0.778. The molecule has 0 aromatic rings. The molecule has 0 radical (unpaired) electrons. The molecule has 0 saturated heterocycles. The molecule has 0 spiro atoms. The number of carbonyl (C=O) groups is 2. The molecule has 0 aliphatic heterocycles. The van der Waals surface area contributed by atoms with Gasteiger partial charge in [-0.25, -0.2) is 4.79 Å². The van der Waals surface area contributed by atoms with Crippen LogP contribution in [-0.2, 0) is 9.59 Å². The fourth-order valence-corrected chi connectivity index (χ4v) is 1.04. The van der Waals surface area contributed by atoms with Crippen molar-refractivity contribution in [2.24, 2.45) is 0 Å². The van der Waals surface area contributed by atoms with Crippen LogP contribution in [0.15, 0.2) is 0 Å². The van der Waals surface area contributed by atoms with Crippen molar-refractivity contribution in [1.82, 2.24) is 5.32 Å². The second-order valence-electron chi connectivity index (χ2n) is 3.00. The summed E-state index contributed by atoms with van der Waals surface area (Å²) >= 11 is 0. The molecule has 2 N–H and O–H groups in total. The zero-order valence-corrected chi connectivity index (χ0v) is 8.17. The van der Waals surface area contributed by atoms with E-state index in [1.54, 1.807) is 0 Å². The van der Waals surface area contributed by atoms with Crippen LogP contribution < -0.4 is 5.32 Å². The van der Waals surface area contributed by atoms with Gasteiger partial charge in [-0.2, -0.15) is 0 Å². The highest BCUT2D eigenvalue weighted by Gasteiger charge is 2.17. The van der Waals surface area contributed by atoms with Gasteiger partial charge in [0.2, 0.25) is 5.91 Å². The van der Waals surface area contributed by atoms with Gasteiger partial charge in [-0.15, -0.1) is 0 Å². The molecular formula is C9H17NO3. The normalized spacial score (nSPS) is 12.2. The van der Waals surface area contributed by atoms with E-state index in [1.807, 2.05) is 13.8 Å². The van der Waals surface area contributed by atoms with Crippen molar-refractivity contribution in [3.8, 4) is 0 Å². The van der Waals surface area contributed by atoms with Gasteiger partial charge in [-0.1, -0.05) is 20.3 Å². The standard InChI is InChI=1S/C9H17NO3/c1-3-5-7(9(12)13)10-8(11)6-4-2/h7H,3-6H2,1-2H3,(H,10,11)(H,12,13)/t7-/m0/s1. The highest BCUT2D eigenvalue weighted by Crippen LogP contribution is 1.98. The highest BCUT2D eigenvalue weighted by atomic mass is 16.4. The van der Waals surface area contributed by atoms with Gasteiger partial charge in [0.05, 0.1) is 0 Å². The summed E-state index contributed by atoms with van der Waals surface area (Å²) in [6.07, 6.45) is 2.38. The molecular weight excluding hydrogens is 170 g/mol. The number of nitrogens with one attached hydrogen (secondary N) is 1. The van der Waals surface area contributed by atoms with Crippen LogP contribution in [-0.4, -0.2) is 23.0 Å². The smallest absolute Gasteiger partial charge is 0.326 e. The summed E-state index contributed by atoms with van der Waals surface area (Å²) in [7, 11) is 0. The van der Waals surface area contributed by atoms with Crippen molar-refractivity contribution >= 4 is 11.9 Å².